The molecule has 1 heterocycles. The molecule has 2 aromatic carbocycles. The predicted octanol–water partition coefficient (Wildman–Crippen LogP) is 4.04. The van der Waals surface area contributed by atoms with Crippen molar-refractivity contribution in [3.63, 3.8) is 0 Å². The predicted molar refractivity (Wildman–Crippen MR) is 117 cm³/mol. The highest BCUT2D eigenvalue weighted by molar-refractivity contribution is 8.27. The lowest BCUT2D eigenvalue weighted by atomic mass is 10.2. The second kappa shape index (κ2) is 9.58. The van der Waals surface area contributed by atoms with Crippen LogP contribution in [0.5, 0.6) is 11.5 Å². The molecule has 0 unspecified atom stereocenters. The van der Waals surface area contributed by atoms with Crippen molar-refractivity contribution < 1.29 is 23.8 Å². The number of thiocarbonyl (C=S) groups is 1. The summed E-state index contributed by atoms with van der Waals surface area (Å²) in [5.74, 6) is 0.656. The van der Waals surface area contributed by atoms with Crippen LogP contribution in [0.1, 0.15) is 12.5 Å². The van der Waals surface area contributed by atoms with Crippen molar-refractivity contribution >= 4 is 51.9 Å². The van der Waals surface area contributed by atoms with E-state index >= 15 is 0 Å². The Hall–Kier alpha value is -2.84. The Kier molecular flexibility index (Phi) is 6.90. The van der Waals surface area contributed by atoms with E-state index in [1.807, 2.05) is 31.2 Å². The fourth-order valence-corrected chi connectivity index (χ4v) is 3.86. The van der Waals surface area contributed by atoms with Crippen molar-refractivity contribution in [3.8, 4) is 11.5 Å². The van der Waals surface area contributed by atoms with Crippen LogP contribution in [0.25, 0.3) is 6.08 Å². The zero-order valence-corrected chi connectivity index (χ0v) is 17.5. The molecule has 1 aliphatic heterocycles. The van der Waals surface area contributed by atoms with Crippen molar-refractivity contribution in [1.82, 2.24) is 0 Å². The monoisotopic (exact) mass is 429 g/mol. The van der Waals surface area contributed by atoms with Crippen molar-refractivity contribution in [2.45, 2.75) is 6.92 Å². The molecule has 0 spiro atoms. The maximum atomic E-state index is 12.9. The number of hydrogen-bond acceptors (Lipinski definition) is 7. The summed E-state index contributed by atoms with van der Waals surface area (Å²) in [7, 11) is 1.30. The van der Waals surface area contributed by atoms with Gasteiger partial charge >= 0.3 is 5.97 Å². The number of benzene rings is 2. The normalized spacial score (nSPS) is 15.0. The van der Waals surface area contributed by atoms with Gasteiger partial charge in [0.25, 0.3) is 5.91 Å². The summed E-state index contributed by atoms with van der Waals surface area (Å²) >= 11 is 6.65. The average Bonchev–Trinajstić information content (AvgIpc) is 3.01. The maximum absolute atomic E-state index is 12.9. The lowest BCUT2D eigenvalue weighted by Crippen LogP contribution is -2.27. The highest BCUT2D eigenvalue weighted by Crippen LogP contribution is 2.36. The van der Waals surface area contributed by atoms with E-state index in [0.29, 0.717) is 27.3 Å². The Bertz CT molecular complexity index is 939. The molecule has 0 saturated carbocycles. The minimum absolute atomic E-state index is 0.156. The molecular weight excluding hydrogens is 410 g/mol. The molecule has 29 heavy (non-hydrogen) atoms. The van der Waals surface area contributed by atoms with E-state index in [-0.39, 0.29) is 12.5 Å². The number of carbonyl (C=O) groups is 2. The number of methoxy groups -OCH3 is 1. The largest absolute Gasteiger partial charge is 0.494 e. The third-order valence-corrected chi connectivity index (χ3v) is 5.26. The molecule has 1 saturated heterocycles. The molecule has 2 aromatic rings. The minimum Gasteiger partial charge on any atom is -0.494 e. The van der Waals surface area contributed by atoms with E-state index in [9.17, 15) is 9.59 Å². The van der Waals surface area contributed by atoms with Gasteiger partial charge in [0.1, 0.15) is 11.5 Å². The lowest BCUT2D eigenvalue weighted by molar-refractivity contribution is -0.142. The van der Waals surface area contributed by atoms with Crippen LogP contribution in [0.4, 0.5) is 5.69 Å². The number of rotatable bonds is 7. The molecule has 3 rings (SSSR count). The molecule has 0 aromatic heterocycles. The molecule has 8 heteroatoms. The average molecular weight is 430 g/mol. The summed E-state index contributed by atoms with van der Waals surface area (Å²) < 4.78 is 15.8. The van der Waals surface area contributed by atoms with Gasteiger partial charge in [-0.25, -0.2) is 4.79 Å². The third kappa shape index (κ3) is 5.16. The summed E-state index contributed by atoms with van der Waals surface area (Å²) in [6.07, 6.45) is 1.78. The Morgan fingerprint density at radius 1 is 1.07 bits per heavy atom. The Morgan fingerprint density at radius 2 is 1.69 bits per heavy atom. The van der Waals surface area contributed by atoms with Crippen LogP contribution < -0.4 is 14.4 Å². The van der Waals surface area contributed by atoms with Crippen molar-refractivity contribution in [1.29, 1.82) is 0 Å². The van der Waals surface area contributed by atoms with Crippen LogP contribution in [0, 0.1) is 0 Å². The molecule has 0 N–H and O–H groups in total. The second-order valence-electron chi connectivity index (χ2n) is 5.88. The van der Waals surface area contributed by atoms with Gasteiger partial charge in [0.05, 0.1) is 24.3 Å². The first-order valence-electron chi connectivity index (χ1n) is 8.82. The number of esters is 1. The van der Waals surface area contributed by atoms with Crippen LogP contribution in [0.15, 0.2) is 53.4 Å². The summed E-state index contributed by atoms with van der Waals surface area (Å²) in [5.41, 5.74) is 1.52. The van der Waals surface area contributed by atoms with Gasteiger partial charge in [-0.2, -0.15) is 0 Å². The number of ether oxygens (including phenoxy) is 3. The van der Waals surface area contributed by atoms with E-state index in [4.69, 9.17) is 21.7 Å². The molecule has 6 nitrogen and oxygen atoms in total. The van der Waals surface area contributed by atoms with Gasteiger partial charge in [0.2, 0.25) is 0 Å². The Labute approximate surface area is 178 Å². The van der Waals surface area contributed by atoms with Gasteiger partial charge in [-0.3, -0.25) is 9.69 Å². The van der Waals surface area contributed by atoms with Crippen LogP contribution >= 0.6 is 24.0 Å². The van der Waals surface area contributed by atoms with Gasteiger partial charge in [-0.15, -0.1) is 0 Å². The standard InChI is InChI=1S/C21H19NO5S2/c1-3-26-16-10-6-15(7-11-16)22-20(24)18(29-21(22)28)12-14-4-8-17(9-5-14)27-13-19(23)25-2/h4-12H,3,13H2,1-2H3/b18-12-. The first-order valence-corrected chi connectivity index (χ1v) is 10.0. The number of nitrogens with zero attached hydrogens (tertiary/aromatic N) is 1. The Balaban J connectivity index is 1.71. The number of thioether (sulfide) groups is 1. The van der Waals surface area contributed by atoms with Crippen molar-refractivity contribution in [2.24, 2.45) is 0 Å². The summed E-state index contributed by atoms with van der Waals surface area (Å²) in [6, 6.07) is 14.3. The molecule has 1 aliphatic rings. The molecule has 150 valence electrons. The fraction of sp³-hybridized carbons (Fsp3) is 0.190. The molecular formula is C21H19NO5S2. The Morgan fingerprint density at radius 3 is 2.31 bits per heavy atom. The second-order valence-corrected chi connectivity index (χ2v) is 7.55. The highest BCUT2D eigenvalue weighted by Gasteiger charge is 2.33. The minimum atomic E-state index is -0.452. The van der Waals surface area contributed by atoms with Crippen LogP contribution in [-0.2, 0) is 14.3 Å². The van der Waals surface area contributed by atoms with Crippen molar-refractivity contribution in [3.05, 3.63) is 59.0 Å². The van der Waals surface area contributed by atoms with Gasteiger partial charge in [-0.1, -0.05) is 36.1 Å². The quantitative estimate of drug-likeness (QED) is 0.374. The molecule has 0 bridgehead atoms. The van der Waals surface area contributed by atoms with Crippen LogP contribution in [0.2, 0.25) is 0 Å². The maximum Gasteiger partial charge on any atom is 0.343 e. The fourth-order valence-electron chi connectivity index (χ4n) is 2.56. The van der Waals surface area contributed by atoms with Gasteiger partial charge < -0.3 is 14.2 Å². The van der Waals surface area contributed by atoms with Crippen LogP contribution in [-0.4, -0.2) is 36.5 Å². The number of carbonyl (C=O) groups excluding carboxylic acids is 2. The lowest BCUT2D eigenvalue weighted by Gasteiger charge is -2.15. The topological polar surface area (TPSA) is 65.1 Å². The van der Waals surface area contributed by atoms with E-state index in [0.717, 1.165) is 11.3 Å². The SMILES string of the molecule is CCOc1ccc(N2C(=O)/C(=C/c3ccc(OCC(=O)OC)cc3)SC2=S)cc1. The van der Waals surface area contributed by atoms with Gasteiger partial charge in [0, 0.05) is 0 Å². The summed E-state index contributed by atoms with van der Waals surface area (Å²) in [6.45, 7) is 2.34. The van der Waals surface area contributed by atoms with E-state index < -0.39 is 5.97 Å². The molecule has 0 aliphatic carbocycles. The number of hydrogen-bond donors (Lipinski definition) is 0. The van der Waals surface area contributed by atoms with Gasteiger partial charge in [-0.05, 0) is 55.0 Å². The van der Waals surface area contributed by atoms with Crippen LogP contribution in [0.3, 0.4) is 0 Å². The summed E-state index contributed by atoms with van der Waals surface area (Å²) in [5, 5.41) is 0. The van der Waals surface area contributed by atoms with E-state index in [1.165, 1.54) is 23.8 Å². The highest BCUT2D eigenvalue weighted by atomic mass is 32.2. The smallest absolute Gasteiger partial charge is 0.343 e. The molecule has 0 radical (unpaired) electrons. The molecule has 0 atom stereocenters. The van der Waals surface area contributed by atoms with E-state index in [1.54, 1.807) is 30.3 Å². The number of anilines is 1. The number of amides is 1. The van der Waals surface area contributed by atoms with Crippen molar-refractivity contribution in [2.75, 3.05) is 25.2 Å². The first kappa shape index (κ1) is 20.9. The van der Waals surface area contributed by atoms with E-state index in [2.05, 4.69) is 4.74 Å². The third-order valence-electron chi connectivity index (χ3n) is 3.96. The summed E-state index contributed by atoms with van der Waals surface area (Å²) in [4.78, 5) is 26.0. The zero-order valence-electron chi connectivity index (χ0n) is 15.9. The zero-order chi connectivity index (χ0) is 20.8. The molecule has 1 amide bonds. The first-order chi connectivity index (χ1) is 14.0. The van der Waals surface area contributed by atoms with Gasteiger partial charge in [0.15, 0.2) is 10.9 Å². The molecule has 1 fully saturated rings.